The predicted octanol–water partition coefficient (Wildman–Crippen LogP) is 4.20. The number of benzene rings is 2. The summed E-state index contributed by atoms with van der Waals surface area (Å²) in [6.45, 7) is 15.2. The number of fused-ring (bicyclic) bond motifs is 1. The summed E-state index contributed by atoms with van der Waals surface area (Å²) in [6, 6.07) is 11.1. The van der Waals surface area contributed by atoms with Gasteiger partial charge in [0.15, 0.2) is 12.2 Å². The average molecular weight is 497 g/mol. The highest BCUT2D eigenvalue weighted by Crippen LogP contribution is 2.25. The van der Waals surface area contributed by atoms with Gasteiger partial charge in [-0.1, -0.05) is 37.4 Å². The minimum atomic E-state index is -0.597. The van der Waals surface area contributed by atoms with Gasteiger partial charge < -0.3 is 28.4 Å². The van der Waals surface area contributed by atoms with Crippen LogP contribution in [0.5, 0.6) is 11.5 Å². The van der Waals surface area contributed by atoms with E-state index in [1.807, 2.05) is 24.3 Å². The fraction of sp³-hybridized carbons (Fsp3) is 0.286. The highest BCUT2D eigenvalue weighted by molar-refractivity contribution is 5.85. The van der Waals surface area contributed by atoms with Crippen LogP contribution in [0.2, 0.25) is 0 Å². The quantitative estimate of drug-likeness (QED) is 0.131. The molecule has 0 aliphatic carbocycles. The van der Waals surface area contributed by atoms with Crippen molar-refractivity contribution in [1.82, 2.24) is 0 Å². The standard InChI is InChI=1S/C28H32O8/c1-5-13-31-17-25(35-27(29)7-3)19-33-23-11-9-22-16-24(12-10-21(22)15-23)34-20-26(18-32-14-6-2)36-28(30)8-4/h5-12,15-16,25-26H,1-4,13-14,17-20H2. The molecule has 0 fully saturated rings. The summed E-state index contributed by atoms with van der Waals surface area (Å²) in [5.41, 5.74) is 0. The maximum Gasteiger partial charge on any atom is 0.330 e. The van der Waals surface area contributed by atoms with E-state index in [1.165, 1.54) is 0 Å². The lowest BCUT2D eigenvalue weighted by Crippen LogP contribution is -2.29. The number of carbonyl (C=O) groups is 2. The molecule has 0 aromatic heterocycles. The molecule has 0 N–H and O–H groups in total. The summed E-state index contributed by atoms with van der Waals surface area (Å²) in [7, 11) is 0. The highest BCUT2D eigenvalue weighted by Gasteiger charge is 2.16. The predicted molar refractivity (Wildman–Crippen MR) is 137 cm³/mol. The largest absolute Gasteiger partial charge is 0.490 e. The first-order valence-electron chi connectivity index (χ1n) is 11.3. The van der Waals surface area contributed by atoms with Gasteiger partial charge in [-0.05, 0) is 35.0 Å². The first-order valence-corrected chi connectivity index (χ1v) is 11.3. The third-order valence-corrected chi connectivity index (χ3v) is 4.63. The molecule has 192 valence electrons. The monoisotopic (exact) mass is 496 g/mol. The van der Waals surface area contributed by atoms with E-state index < -0.39 is 24.1 Å². The van der Waals surface area contributed by atoms with Crippen LogP contribution in [0, 0.1) is 0 Å². The van der Waals surface area contributed by atoms with Gasteiger partial charge in [-0.25, -0.2) is 9.59 Å². The van der Waals surface area contributed by atoms with Crippen molar-refractivity contribution < 1.29 is 38.0 Å². The van der Waals surface area contributed by atoms with Crippen molar-refractivity contribution in [3.8, 4) is 11.5 Å². The molecule has 0 heterocycles. The zero-order valence-corrected chi connectivity index (χ0v) is 20.3. The van der Waals surface area contributed by atoms with Crippen LogP contribution in [0.1, 0.15) is 0 Å². The number of rotatable bonds is 18. The third-order valence-electron chi connectivity index (χ3n) is 4.63. The van der Waals surface area contributed by atoms with E-state index in [0.717, 1.165) is 22.9 Å². The van der Waals surface area contributed by atoms with Crippen molar-refractivity contribution in [1.29, 1.82) is 0 Å². The van der Waals surface area contributed by atoms with Crippen molar-refractivity contribution in [2.24, 2.45) is 0 Å². The lowest BCUT2D eigenvalue weighted by molar-refractivity contribution is -0.148. The van der Waals surface area contributed by atoms with Crippen molar-refractivity contribution in [3.63, 3.8) is 0 Å². The highest BCUT2D eigenvalue weighted by atomic mass is 16.6. The SMILES string of the molecule is C=CCOCC(COc1ccc2cc(OCC(COCC=C)OC(=O)C=C)ccc2c1)OC(=O)C=C. The van der Waals surface area contributed by atoms with Gasteiger partial charge in [-0.15, -0.1) is 13.2 Å². The molecule has 8 heteroatoms. The maximum atomic E-state index is 11.6. The fourth-order valence-electron chi connectivity index (χ4n) is 2.98. The molecule has 36 heavy (non-hydrogen) atoms. The number of ether oxygens (including phenoxy) is 6. The molecular formula is C28H32O8. The van der Waals surface area contributed by atoms with Crippen LogP contribution in [0.25, 0.3) is 10.8 Å². The summed E-state index contributed by atoms with van der Waals surface area (Å²) in [6.07, 6.45) is 4.21. The Morgan fingerprint density at radius 1 is 0.667 bits per heavy atom. The van der Waals surface area contributed by atoms with Crippen molar-refractivity contribution in [3.05, 3.63) is 87.0 Å². The number of carbonyl (C=O) groups excluding carboxylic acids is 2. The van der Waals surface area contributed by atoms with Gasteiger partial charge in [0.25, 0.3) is 0 Å². The summed E-state index contributed by atoms with van der Waals surface area (Å²) in [5.74, 6) is 0.113. The lowest BCUT2D eigenvalue weighted by atomic mass is 10.1. The molecule has 0 aliphatic rings. The molecule has 8 nitrogen and oxygen atoms in total. The Kier molecular flexibility index (Phi) is 12.5. The van der Waals surface area contributed by atoms with E-state index in [1.54, 1.807) is 24.3 Å². The van der Waals surface area contributed by atoms with Crippen LogP contribution >= 0.6 is 0 Å². The second kappa shape index (κ2) is 15.9. The Morgan fingerprint density at radius 3 is 1.44 bits per heavy atom. The Bertz CT molecular complexity index is 962. The second-order valence-corrected chi connectivity index (χ2v) is 7.47. The Labute approximate surface area is 211 Å². The molecule has 0 saturated carbocycles. The molecule has 0 spiro atoms. The average Bonchev–Trinajstić information content (AvgIpc) is 2.89. The molecule has 2 aromatic carbocycles. The number of hydrogen-bond donors (Lipinski definition) is 0. The Morgan fingerprint density at radius 2 is 1.08 bits per heavy atom. The van der Waals surface area contributed by atoms with Gasteiger partial charge in [-0.3, -0.25) is 0 Å². The smallest absolute Gasteiger partial charge is 0.330 e. The molecule has 0 bridgehead atoms. The first kappa shape index (κ1) is 28.4. The second-order valence-electron chi connectivity index (χ2n) is 7.47. The van der Waals surface area contributed by atoms with E-state index in [9.17, 15) is 9.59 Å². The van der Waals surface area contributed by atoms with Crippen LogP contribution in [0.3, 0.4) is 0 Å². The summed E-state index contributed by atoms with van der Waals surface area (Å²) in [5, 5.41) is 1.85. The molecular weight excluding hydrogens is 464 g/mol. The van der Waals surface area contributed by atoms with E-state index in [2.05, 4.69) is 26.3 Å². The Balaban J connectivity index is 2.00. The van der Waals surface area contributed by atoms with E-state index in [0.29, 0.717) is 24.7 Å². The van der Waals surface area contributed by atoms with Gasteiger partial charge in [0, 0.05) is 12.2 Å². The molecule has 0 saturated heterocycles. The van der Waals surface area contributed by atoms with E-state index in [-0.39, 0.29) is 26.4 Å². The first-order chi connectivity index (χ1) is 17.5. The topological polar surface area (TPSA) is 89.5 Å². The third kappa shape index (κ3) is 10.2. The molecule has 2 aromatic rings. The van der Waals surface area contributed by atoms with Gasteiger partial charge in [0.1, 0.15) is 24.7 Å². The van der Waals surface area contributed by atoms with E-state index in [4.69, 9.17) is 28.4 Å². The molecule has 0 amide bonds. The van der Waals surface area contributed by atoms with Crippen LogP contribution in [-0.4, -0.2) is 63.8 Å². The van der Waals surface area contributed by atoms with Gasteiger partial charge in [0.05, 0.1) is 26.4 Å². The zero-order chi connectivity index (χ0) is 26.2. The van der Waals surface area contributed by atoms with Crippen molar-refractivity contribution >= 4 is 22.7 Å². The van der Waals surface area contributed by atoms with Gasteiger partial charge >= 0.3 is 11.9 Å². The number of hydrogen-bond acceptors (Lipinski definition) is 8. The minimum absolute atomic E-state index is 0.113. The molecule has 2 unspecified atom stereocenters. The van der Waals surface area contributed by atoms with Crippen molar-refractivity contribution in [2.45, 2.75) is 12.2 Å². The lowest BCUT2D eigenvalue weighted by Gasteiger charge is -2.18. The number of esters is 2. The van der Waals surface area contributed by atoms with Crippen LogP contribution in [0.4, 0.5) is 0 Å². The summed E-state index contributed by atoms with van der Waals surface area (Å²) < 4.78 is 33.0. The maximum absolute atomic E-state index is 11.6. The molecule has 0 radical (unpaired) electrons. The van der Waals surface area contributed by atoms with E-state index >= 15 is 0 Å². The van der Waals surface area contributed by atoms with Crippen LogP contribution in [0.15, 0.2) is 87.0 Å². The minimum Gasteiger partial charge on any atom is -0.490 e. The summed E-state index contributed by atoms with van der Waals surface area (Å²) >= 11 is 0. The van der Waals surface area contributed by atoms with Crippen LogP contribution < -0.4 is 9.47 Å². The Hall–Kier alpha value is -3.88. The zero-order valence-electron chi connectivity index (χ0n) is 20.3. The molecule has 2 atom stereocenters. The fourth-order valence-corrected chi connectivity index (χ4v) is 2.98. The van der Waals surface area contributed by atoms with Crippen molar-refractivity contribution in [2.75, 3.05) is 39.6 Å². The molecule has 2 rings (SSSR count). The normalized spacial score (nSPS) is 12.1. The van der Waals surface area contributed by atoms with Gasteiger partial charge in [-0.2, -0.15) is 0 Å². The van der Waals surface area contributed by atoms with Gasteiger partial charge in [0.2, 0.25) is 0 Å². The molecule has 0 aliphatic heterocycles. The van der Waals surface area contributed by atoms with Crippen LogP contribution in [-0.2, 0) is 28.5 Å². The summed E-state index contributed by atoms with van der Waals surface area (Å²) in [4.78, 5) is 23.2.